The van der Waals surface area contributed by atoms with Crippen LogP contribution in [0.25, 0.3) is 0 Å². The van der Waals surface area contributed by atoms with E-state index in [-0.39, 0.29) is 17.6 Å². The number of rotatable bonds is 5. The van der Waals surface area contributed by atoms with Crippen molar-refractivity contribution < 1.29 is 14.3 Å². The summed E-state index contributed by atoms with van der Waals surface area (Å²) in [5.74, 6) is -0.839. The number of hydrogen-bond acceptors (Lipinski definition) is 3. The van der Waals surface area contributed by atoms with Gasteiger partial charge in [-0.15, -0.1) is 0 Å². The second kappa shape index (κ2) is 7.52. The number of nitrogens with one attached hydrogen (secondary N) is 1. The molecule has 4 nitrogen and oxygen atoms in total. The Morgan fingerprint density at radius 1 is 1.43 bits per heavy atom. The summed E-state index contributed by atoms with van der Waals surface area (Å²) in [7, 11) is 0. The van der Waals surface area contributed by atoms with Crippen molar-refractivity contribution in [1.82, 2.24) is 10.2 Å². The molecule has 116 valence electrons. The Morgan fingerprint density at radius 3 is 2.86 bits per heavy atom. The normalized spacial score (nSPS) is 16.9. The lowest BCUT2D eigenvalue weighted by atomic mass is 10.1. The lowest BCUT2D eigenvalue weighted by molar-refractivity contribution is 0.0816. The third kappa shape index (κ3) is 4.79. The molecule has 0 radical (unpaired) electrons. The molecule has 2 rings (SSSR count). The Morgan fingerprint density at radius 2 is 2.14 bits per heavy atom. The van der Waals surface area contributed by atoms with E-state index in [1.165, 1.54) is 6.07 Å². The van der Waals surface area contributed by atoms with Crippen molar-refractivity contribution in [2.24, 2.45) is 0 Å². The first-order valence-corrected chi connectivity index (χ1v) is 7.51. The summed E-state index contributed by atoms with van der Waals surface area (Å²) >= 11 is 0. The number of aliphatic hydroxyl groups is 1. The topological polar surface area (TPSA) is 52.6 Å². The van der Waals surface area contributed by atoms with Crippen molar-refractivity contribution in [3.63, 3.8) is 0 Å². The van der Waals surface area contributed by atoms with E-state index in [0.29, 0.717) is 6.54 Å². The lowest BCUT2D eigenvalue weighted by Crippen LogP contribution is -2.37. The number of amides is 1. The Hall–Kier alpha value is -1.46. The zero-order valence-corrected chi connectivity index (χ0v) is 12.4. The minimum atomic E-state index is -0.483. The van der Waals surface area contributed by atoms with Gasteiger partial charge in [-0.2, -0.15) is 0 Å². The molecule has 1 aliphatic rings. The van der Waals surface area contributed by atoms with Crippen LogP contribution in [0, 0.1) is 12.7 Å². The molecule has 0 aliphatic carbocycles. The van der Waals surface area contributed by atoms with Crippen molar-refractivity contribution >= 4 is 5.91 Å². The smallest absolute Gasteiger partial charge is 0.254 e. The highest BCUT2D eigenvalue weighted by Crippen LogP contribution is 2.11. The van der Waals surface area contributed by atoms with E-state index in [9.17, 15) is 14.3 Å². The highest BCUT2D eigenvalue weighted by Gasteiger charge is 2.16. The van der Waals surface area contributed by atoms with Gasteiger partial charge < -0.3 is 15.3 Å². The SMILES string of the molecule is Cc1ccc(F)c(C(=O)NCCCN2CCC(O)CC2)c1. The van der Waals surface area contributed by atoms with E-state index in [4.69, 9.17) is 0 Å². The highest BCUT2D eigenvalue weighted by atomic mass is 19.1. The van der Waals surface area contributed by atoms with Crippen LogP contribution in [0.15, 0.2) is 18.2 Å². The first kappa shape index (κ1) is 15.9. The molecule has 1 aliphatic heterocycles. The largest absolute Gasteiger partial charge is 0.393 e. The van der Waals surface area contributed by atoms with Gasteiger partial charge in [-0.1, -0.05) is 11.6 Å². The van der Waals surface area contributed by atoms with Gasteiger partial charge in [-0.05, 0) is 44.9 Å². The number of carbonyl (C=O) groups excluding carboxylic acids is 1. The van der Waals surface area contributed by atoms with Crippen LogP contribution in [-0.2, 0) is 0 Å². The molecule has 0 aromatic heterocycles. The van der Waals surface area contributed by atoms with Crippen LogP contribution in [-0.4, -0.2) is 48.2 Å². The summed E-state index contributed by atoms with van der Waals surface area (Å²) < 4.78 is 13.6. The number of hydrogen-bond donors (Lipinski definition) is 2. The Balaban J connectivity index is 1.71. The number of likely N-dealkylation sites (tertiary alicyclic amines) is 1. The summed E-state index contributed by atoms with van der Waals surface area (Å²) in [6, 6.07) is 4.54. The number of piperidine rings is 1. The first-order valence-electron chi connectivity index (χ1n) is 7.51. The molecule has 1 saturated heterocycles. The van der Waals surface area contributed by atoms with Crippen LogP contribution in [0.3, 0.4) is 0 Å². The fraction of sp³-hybridized carbons (Fsp3) is 0.562. The van der Waals surface area contributed by atoms with Gasteiger partial charge in [0.05, 0.1) is 11.7 Å². The summed E-state index contributed by atoms with van der Waals surface area (Å²) in [4.78, 5) is 14.2. The first-order chi connectivity index (χ1) is 10.1. The fourth-order valence-corrected chi connectivity index (χ4v) is 2.56. The molecule has 1 aromatic rings. The van der Waals surface area contributed by atoms with E-state index in [0.717, 1.165) is 44.5 Å². The maximum atomic E-state index is 13.6. The number of aryl methyl sites for hydroxylation is 1. The zero-order valence-electron chi connectivity index (χ0n) is 12.4. The fourth-order valence-electron chi connectivity index (χ4n) is 2.56. The molecule has 2 N–H and O–H groups in total. The van der Waals surface area contributed by atoms with E-state index in [2.05, 4.69) is 10.2 Å². The standard InChI is InChI=1S/C16H23FN2O2/c1-12-3-4-15(17)14(11-12)16(21)18-7-2-8-19-9-5-13(20)6-10-19/h3-4,11,13,20H,2,5-10H2,1H3,(H,18,21). The quantitative estimate of drug-likeness (QED) is 0.813. The molecular weight excluding hydrogens is 271 g/mol. The molecule has 0 unspecified atom stereocenters. The lowest BCUT2D eigenvalue weighted by Gasteiger charge is -2.29. The number of benzene rings is 1. The maximum absolute atomic E-state index is 13.6. The predicted molar refractivity (Wildman–Crippen MR) is 79.8 cm³/mol. The predicted octanol–water partition coefficient (Wildman–Crippen LogP) is 1.71. The van der Waals surface area contributed by atoms with Crippen LogP contribution < -0.4 is 5.32 Å². The zero-order chi connectivity index (χ0) is 15.2. The molecule has 0 bridgehead atoms. The Labute approximate surface area is 125 Å². The summed E-state index contributed by atoms with van der Waals surface area (Å²) in [5.41, 5.74) is 0.976. The molecule has 0 atom stereocenters. The number of aliphatic hydroxyl groups excluding tert-OH is 1. The number of carbonyl (C=O) groups is 1. The monoisotopic (exact) mass is 294 g/mol. The molecular formula is C16H23FN2O2. The van der Waals surface area contributed by atoms with Gasteiger partial charge in [-0.25, -0.2) is 4.39 Å². The van der Waals surface area contributed by atoms with E-state index in [1.54, 1.807) is 12.1 Å². The minimum Gasteiger partial charge on any atom is -0.393 e. The van der Waals surface area contributed by atoms with Crippen LogP contribution >= 0.6 is 0 Å². The third-order valence-electron chi connectivity index (χ3n) is 3.86. The van der Waals surface area contributed by atoms with Gasteiger partial charge in [0.25, 0.3) is 5.91 Å². The second-order valence-corrected chi connectivity index (χ2v) is 5.67. The molecule has 1 heterocycles. The molecule has 5 heteroatoms. The van der Waals surface area contributed by atoms with Crippen molar-refractivity contribution in [3.8, 4) is 0 Å². The van der Waals surface area contributed by atoms with Crippen LogP contribution in [0.2, 0.25) is 0 Å². The average molecular weight is 294 g/mol. The average Bonchev–Trinajstić information content (AvgIpc) is 2.47. The van der Waals surface area contributed by atoms with E-state index < -0.39 is 5.82 Å². The maximum Gasteiger partial charge on any atom is 0.254 e. The van der Waals surface area contributed by atoms with Gasteiger partial charge >= 0.3 is 0 Å². The molecule has 21 heavy (non-hydrogen) atoms. The molecule has 1 aromatic carbocycles. The highest BCUT2D eigenvalue weighted by molar-refractivity contribution is 5.94. The Bertz CT molecular complexity index is 485. The van der Waals surface area contributed by atoms with Crippen molar-refractivity contribution in [2.75, 3.05) is 26.2 Å². The second-order valence-electron chi connectivity index (χ2n) is 5.67. The Kier molecular flexibility index (Phi) is 5.70. The molecule has 0 spiro atoms. The van der Waals surface area contributed by atoms with Gasteiger partial charge in [0, 0.05) is 19.6 Å². The van der Waals surface area contributed by atoms with Gasteiger partial charge in [0.2, 0.25) is 0 Å². The van der Waals surface area contributed by atoms with E-state index >= 15 is 0 Å². The van der Waals surface area contributed by atoms with Gasteiger partial charge in [0.15, 0.2) is 0 Å². The van der Waals surface area contributed by atoms with Gasteiger partial charge in [0.1, 0.15) is 5.82 Å². The minimum absolute atomic E-state index is 0.107. The van der Waals surface area contributed by atoms with Crippen molar-refractivity contribution in [3.05, 3.63) is 35.1 Å². The number of nitrogens with zero attached hydrogens (tertiary/aromatic N) is 1. The van der Waals surface area contributed by atoms with Gasteiger partial charge in [-0.3, -0.25) is 4.79 Å². The molecule has 1 amide bonds. The van der Waals surface area contributed by atoms with Crippen LogP contribution in [0.4, 0.5) is 4.39 Å². The van der Waals surface area contributed by atoms with Crippen LogP contribution in [0.5, 0.6) is 0 Å². The van der Waals surface area contributed by atoms with Crippen molar-refractivity contribution in [1.29, 1.82) is 0 Å². The summed E-state index contributed by atoms with van der Waals surface area (Å²) in [6.45, 7) is 5.07. The molecule has 0 saturated carbocycles. The summed E-state index contributed by atoms with van der Waals surface area (Å²) in [6.07, 6.45) is 2.31. The van der Waals surface area contributed by atoms with Crippen LogP contribution in [0.1, 0.15) is 35.2 Å². The molecule has 1 fully saturated rings. The van der Waals surface area contributed by atoms with E-state index in [1.807, 2.05) is 6.92 Å². The third-order valence-corrected chi connectivity index (χ3v) is 3.86. The summed E-state index contributed by atoms with van der Waals surface area (Å²) in [5, 5.41) is 12.2. The van der Waals surface area contributed by atoms with Crippen molar-refractivity contribution in [2.45, 2.75) is 32.3 Å². The number of halogens is 1.